The number of rotatable bonds is 3. The number of aromatic amines is 1. The highest BCUT2D eigenvalue weighted by Gasteiger charge is 2.29. The molecule has 0 saturated carbocycles. The second kappa shape index (κ2) is 6.02. The Kier molecular flexibility index (Phi) is 4.59. The predicted molar refractivity (Wildman–Crippen MR) is 73.1 cm³/mol. The van der Waals surface area contributed by atoms with Gasteiger partial charge in [-0.1, -0.05) is 19.3 Å². The van der Waals surface area contributed by atoms with E-state index in [1.807, 2.05) is 0 Å². The molecule has 0 unspecified atom stereocenters. The zero-order chi connectivity index (χ0) is 13.9. The first-order valence-corrected chi connectivity index (χ1v) is 8.25. The molecule has 2 heterocycles. The Balaban J connectivity index is 2.29. The van der Waals surface area contributed by atoms with Gasteiger partial charge < -0.3 is 5.73 Å². The molecule has 1 aromatic heterocycles. The Morgan fingerprint density at radius 1 is 1.21 bits per heavy atom. The molecule has 1 aliphatic heterocycles. The first-order chi connectivity index (χ1) is 9.07. The number of nitrogens with one attached hydrogen (secondary N) is 1. The average Bonchev–Trinajstić information content (AvgIpc) is 2.69. The van der Waals surface area contributed by atoms with E-state index >= 15 is 0 Å². The van der Waals surface area contributed by atoms with Crippen molar-refractivity contribution in [2.45, 2.75) is 50.6 Å². The summed E-state index contributed by atoms with van der Waals surface area (Å²) in [5.41, 5.74) is 6.96. The lowest BCUT2D eigenvalue weighted by atomic mass is 10.1. The molecule has 1 aliphatic rings. The summed E-state index contributed by atoms with van der Waals surface area (Å²) in [6, 6.07) is 0. The van der Waals surface area contributed by atoms with Gasteiger partial charge in [0.15, 0.2) is 5.03 Å². The van der Waals surface area contributed by atoms with Crippen LogP contribution in [-0.2, 0) is 16.6 Å². The smallest absolute Gasteiger partial charge is 0.262 e. The van der Waals surface area contributed by atoms with Crippen molar-refractivity contribution in [2.24, 2.45) is 5.73 Å². The van der Waals surface area contributed by atoms with Crippen LogP contribution in [0.1, 0.15) is 43.4 Å². The number of aryl methyl sites for hydroxylation is 1. The molecular formula is C12H22N4O2S. The van der Waals surface area contributed by atoms with Crippen LogP contribution in [0.2, 0.25) is 0 Å². The number of hydrogen-bond acceptors (Lipinski definition) is 4. The summed E-state index contributed by atoms with van der Waals surface area (Å²) in [6.07, 6.45) is 5.22. The van der Waals surface area contributed by atoms with Gasteiger partial charge in [0.25, 0.3) is 10.0 Å². The number of aromatic nitrogens is 2. The lowest BCUT2D eigenvalue weighted by molar-refractivity contribution is 0.362. The Labute approximate surface area is 114 Å². The monoisotopic (exact) mass is 286 g/mol. The van der Waals surface area contributed by atoms with Crippen molar-refractivity contribution in [1.82, 2.24) is 14.5 Å². The maximum Gasteiger partial charge on any atom is 0.262 e. The molecule has 7 heteroatoms. The largest absolute Gasteiger partial charge is 0.326 e. The standard InChI is InChI=1S/C12H22N4O2S/c1-10-11(9-13)12(15-14-10)19(17,18)16-7-5-3-2-4-6-8-16/h2-9,13H2,1H3,(H,14,15). The van der Waals surface area contributed by atoms with Gasteiger partial charge in [0.2, 0.25) is 0 Å². The predicted octanol–water partition coefficient (Wildman–Crippen LogP) is 1.13. The molecule has 0 spiro atoms. The second-order valence-corrected chi connectivity index (χ2v) is 6.86. The minimum atomic E-state index is -3.51. The zero-order valence-electron chi connectivity index (χ0n) is 11.4. The average molecular weight is 286 g/mol. The summed E-state index contributed by atoms with van der Waals surface area (Å²) in [6.45, 7) is 3.14. The van der Waals surface area contributed by atoms with Crippen LogP contribution < -0.4 is 5.73 Å². The van der Waals surface area contributed by atoms with Crippen LogP contribution in [0.3, 0.4) is 0 Å². The van der Waals surface area contributed by atoms with Gasteiger partial charge in [-0.3, -0.25) is 5.10 Å². The zero-order valence-corrected chi connectivity index (χ0v) is 12.2. The van der Waals surface area contributed by atoms with Crippen LogP contribution in [0, 0.1) is 6.92 Å². The van der Waals surface area contributed by atoms with Gasteiger partial charge in [-0.25, -0.2) is 8.42 Å². The summed E-state index contributed by atoms with van der Waals surface area (Å²) < 4.78 is 26.8. The summed E-state index contributed by atoms with van der Waals surface area (Å²) >= 11 is 0. The quantitative estimate of drug-likeness (QED) is 0.871. The molecule has 1 aromatic rings. The highest BCUT2D eigenvalue weighted by Crippen LogP contribution is 2.22. The highest BCUT2D eigenvalue weighted by atomic mass is 32.2. The third-order valence-corrected chi connectivity index (χ3v) is 5.51. The fraction of sp³-hybridized carbons (Fsp3) is 0.750. The van der Waals surface area contributed by atoms with E-state index < -0.39 is 10.0 Å². The van der Waals surface area contributed by atoms with Crippen molar-refractivity contribution >= 4 is 10.0 Å². The maximum atomic E-state index is 12.6. The Morgan fingerprint density at radius 2 is 1.79 bits per heavy atom. The topological polar surface area (TPSA) is 92.1 Å². The lowest BCUT2D eigenvalue weighted by Gasteiger charge is -2.23. The Hall–Kier alpha value is -0.920. The van der Waals surface area contributed by atoms with E-state index in [4.69, 9.17) is 5.73 Å². The lowest BCUT2D eigenvalue weighted by Crippen LogP contribution is -2.34. The van der Waals surface area contributed by atoms with Crippen LogP contribution in [0.4, 0.5) is 0 Å². The molecule has 0 aliphatic carbocycles. The molecule has 2 rings (SSSR count). The van der Waals surface area contributed by atoms with Gasteiger partial charge in [-0.05, 0) is 19.8 Å². The third-order valence-electron chi connectivity index (χ3n) is 3.64. The van der Waals surface area contributed by atoms with Gasteiger partial charge in [-0.15, -0.1) is 0 Å². The van der Waals surface area contributed by atoms with Crippen molar-refractivity contribution < 1.29 is 8.42 Å². The van der Waals surface area contributed by atoms with Crippen molar-refractivity contribution in [3.63, 3.8) is 0 Å². The van der Waals surface area contributed by atoms with Crippen LogP contribution >= 0.6 is 0 Å². The van der Waals surface area contributed by atoms with Crippen molar-refractivity contribution in [3.05, 3.63) is 11.3 Å². The number of H-pyrrole nitrogens is 1. The van der Waals surface area contributed by atoms with E-state index in [-0.39, 0.29) is 11.6 Å². The molecule has 0 amide bonds. The third kappa shape index (κ3) is 2.98. The second-order valence-electron chi connectivity index (χ2n) is 5.01. The van der Waals surface area contributed by atoms with E-state index in [0.29, 0.717) is 18.7 Å². The molecule has 1 saturated heterocycles. The van der Waals surface area contributed by atoms with Gasteiger partial charge in [0, 0.05) is 30.9 Å². The first-order valence-electron chi connectivity index (χ1n) is 6.81. The number of nitrogens with zero attached hydrogens (tertiary/aromatic N) is 2. The molecule has 0 aromatic carbocycles. The molecular weight excluding hydrogens is 264 g/mol. The van der Waals surface area contributed by atoms with Gasteiger partial charge in [-0.2, -0.15) is 9.40 Å². The summed E-state index contributed by atoms with van der Waals surface area (Å²) in [5, 5.41) is 6.78. The summed E-state index contributed by atoms with van der Waals surface area (Å²) in [5.74, 6) is 0. The van der Waals surface area contributed by atoms with E-state index in [1.165, 1.54) is 6.42 Å². The van der Waals surface area contributed by atoms with Gasteiger partial charge >= 0.3 is 0 Å². The van der Waals surface area contributed by atoms with Crippen LogP contribution in [0.5, 0.6) is 0 Å². The van der Waals surface area contributed by atoms with Crippen LogP contribution in [-0.4, -0.2) is 36.0 Å². The molecule has 6 nitrogen and oxygen atoms in total. The fourth-order valence-corrected chi connectivity index (χ4v) is 4.16. The minimum absolute atomic E-state index is 0.105. The van der Waals surface area contributed by atoms with Crippen molar-refractivity contribution in [3.8, 4) is 0 Å². The van der Waals surface area contributed by atoms with E-state index in [9.17, 15) is 8.42 Å². The van der Waals surface area contributed by atoms with Crippen LogP contribution in [0.15, 0.2) is 5.03 Å². The Morgan fingerprint density at radius 3 is 2.37 bits per heavy atom. The number of hydrogen-bond donors (Lipinski definition) is 2. The normalized spacial score (nSPS) is 19.1. The van der Waals surface area contributed by atoms with Crippen LogP contribution in [0.25, 0.3) is 0 Å². The first kappa shape index (κ1) is 14.5. The van der Waals surface area contributed by atoms with E-state index in [1.54, 1.807) is 11.2 Å². The van der Waals surface area contributed by atoms with Gasteiger partial charge in [0.05, 0.1) is 0 Å². The van der Waals surface area contributed by atoms with Crippen molar-refractivity contribution in [2.75, 3.05) is 13.1 Å². The van der Waals surface area contributed by atoms with Gasteiger partial charge in [0.1, 0.15) is 0 Å². The molecule has 0 bridgehead atoms. The maximum absolute atomic E-state index is 12.6. The van der Waals surface area contributed by atoms with E-state index in [2.05, 4.69) is 10.2 Å². The molecule has 3 N–H and O–H groups in total. The summed E-state index contributed by atoms with van der Waals surface area (Å²) in [7, 11) is -3.51. The number of sulfonamides is 1. The highest BCUT2D eigenvalue weighted by molar-refractivity contribution is 7.89. The van der Waals surface area contributed by atoms with Crippen molar-refractivity contribution in [1.29, 1.82) is 0 Å². The molecule has 1 fully saturated rings. The Bertz CT molecular complexity index is 516. The number of nitrogens with two attached hydrogens (primary N) is 1. The SMILES string of the molecule is Cc1[nH]nc(S(=O)(=O)N2CCCCCCC2)c1CN. The molecule has 108 valence electrons. The fourth-order valence-electron chi connectivity index (χ4n) is 2.46. The molecule has 0 radical (unpaired) electrons. The minimum Gasteiger partial charge on any atom is -0.326 e. The molecule has 19 heavy (non-hydrogen) atoms. The summed E-state index contributed by atoms with van der Waals surface area (Å²) in [4.78, 5) is 0. The molecule has 0 atom stereocenters. The van der Waals surface area contributed by atoms with E-state index in [0.717, 1.165) is 31.4 Å².